The van der Waals surface area contributed by atoms with Crippen LogP contribution in [0.2, 0.25) is 0 Å². The number of carbonyl (C=O) groups is 1. The zero-order valence-electron chi connectivity index (χ0n) is 12.8. The molecule has 0 radical (unpaired) electrons. The first kappa shape index (κ1) is 17.0. The predicted molar refractivity (Wildman–Crippen MR) is 82.8 cm³/mol. The zero-order valence-corrected chi connectivity index (χ0v) is 12.8. The first-order valence-electron chi connectivity index (χ1n) is 7.09. The maximum atomic E-state index is 12.1. The number of likely N-dealkylation sites (N-methyl/N-ethyl adjacent to an activating group) is 1. The number of allylic oxidation sites excluding steroid dienone is 1. The highest BCUT2D eigenvalue weighted by Gasteiger charge is 2.10. The number of Topliss-reactive ketones (excluding diaryl/α,β-unsaturated/α-hetero) is 1. The maximum Gasteiger partial charge on any atom is 0.181 e. The summed E-state index contributed by atoms with van der Waals surface area (Å²) < 4.78 is 5.35. The van der Waals surface area contributed by atoms with Gasteiger partial charge in [-0.25, -0.2) is 0 Å². The lowest BCUT2D eigenvalue weighted by Gasteiger charge is -2.12. The van der Waals surface area contributed by atoms with Gasteiger partial charge in [0.2, 0.25) is 0 Å². The Bertz CT molecular complexity index is 486. The molecule has 0 spiro atoms. The third kappa shape index (κ3) is 5.87. The van der Waals surface area contributed by atoms with Gasteiger partial charge in [0, 0.05) is 13.5 Å². The number of ether oxygens (including phenoxy) is 1. The van der Waals surface area contributed by atoms with Crippen LogP contribution in [0.5, 0.6) is 5.75 Å². The minimum absolute atomic E-state index is 0.00350. The molecule has 0 saturated carbocycles. The lowest BCUT2D eigenvalue weighted by molar-refractivity contribution is -0.116. The molecule has 1 rings (SSSR count). The summed E-state index contributed by atoms with van der Waals surface area (Å²) in [5.41, 5.74) is 1.31. The number of hydrogen-bond acceptors (Lipinski definition) is 5. The Morgan fingerprint density at radius 2 is 2.10 bits per heavy atom. The Morgan fingerprint density at radius 1 is 1.38 bits per heavy atom. The number of carbonyl (C=O) groups excluding carboxylic acids is 1. The van der Waals surface area contributed by atoms with E-state index in [-0.39, 0.29) is 17.8 Å². The molecule has 1 atom stereocenters. The summed E-state index contributed by atoms with van der Waals surface area (Å²) in [6.07, 6.45) is 3.05. The Morgan fingerprint density at radius 3 is 2.71 bits per heavy atom. The lowest BCUT2D eigenvalue weighted by Crippen LogP contribution is -2.24. The van der Waals surface area contributed by atoms with Crippen molar-refractivity contribution < 1.29 is 14.6 Å². The van der Waals surface area contributed by atoms with Gasteiger partial charge in [0.05, 0.1) is 0 Å². The van der Waals surface area contributed by atoms with Gasteiger partial charge in [-0.3, -0.25) is 10.1 Å². The molecule has 21 heavy (non-hydrogen) atoms. The molecule has 3 N–H and O–H groups in total. The smallest absolute Gasteiger partial charge is 0.181 e. The minimum atomic E-state index is -0.151. The topological polar surface area (TPSA) is 70.6 Å². The third-order valence-corrected chi connectivity index (χ3v) is 3.21. The SMILES string of the molecule is CN/C(=C\OC(C)NC)C(=O)CCCc1ccccc1O. The van der Waals surface area contributed by atoms with E-state index in [0.29, 0.717) is 25.0 Å². The van der Waals surface area contributed by atoms with Gasteiger partial charge in [0.1, 0.15) is 23.9 Å². The molecule has 0 aliphatic carbocycles. The van der Waals surface area contributed by atoms with Crippen molar-refractivity contribution in [3.63, 3.8) is 0 Å². The van der Waals surface area contributed by atoms with E-state index in [1.165, 1.54) is 6.26 Å². The molecule has 0 saturated heterocycles. The van der Waals surface area contributed by atoms with Crippen LogP contribution in [0.3, 0.4) is 0 Å². The molecular weight excluding hydrogens is 268 g/mol. The Labute approximate surface area is 126 Å². The van der Waals surface area contributed by atoms with E-state index in [1.54, 1.807) is 26.2 Å². The fourth-order valence-electron chi connectivity index (χ4n) is 1.80. The molecule has 0 aliphatic heterocycles. The molecule has 116 valence electrons. The summed E-state index contributed by atoms with van der Waals surface area (Å²) in [6, 6.07) is 7.18. The van der Waals surface area contributed by atoms with Crippen LogP contribution in [-0.2, 0) is 16.0 Å². The summed E-state index contributed by atoms with van der Waals surface area (Å²) in [6.45, 7) is 1.85. The molecule has 0 aromatic heterocycles. The van der Waals surface area contributed by atoms with Crippen LogP contribution in [0.4, 0.5) is 0 Å². The number of aromatic hydroxyl groups is 1. The van der Waals surface area contributed by atoms with Crippen molar-refractivity contribution in [1.82, 2.24) is 10.6 Å². The van der Waals surface area contributed by atoms with Gasteiger partial charge >= 0.3 is 0 Å². The second kappa shape index (κ2) is 9.02. The van der Waals surface area contributed by atoms with Crippen LogP contribution in [-0.4, -0.2) is 31.2 Å². The van der Waals surface area contributed by atoms with Crippen LogP contribution >= 0.6 is 0 Å². The van der Waals surface area contributed by atoms with Crippen LogP contribution in [0.15, 0.2) is 36.2 Å². The molecule has 0 bridgehead atoms. The highest BCUT2D eigenvalue weighted by Crippen LogP contribution is 2.18. The molecule has 0 fully saturated rings. The summed E-state index contributed by atoms with van der Waals surface area (Å²) in [4.78, 5) is 12.1. The van der Waals surface area contributed by atoms with E-state index < -0.39 is 0 Å². The molecule has 1 aromatic carbocycles. The third-order valence-electron chi connectivity index (χ3n) is 3.21. The van der Waals surface area contributed by atoms with Crippen molar-refractivity contribution >= 4 is 5.78 Å². The van der Waals surface area contributed by atoms with E-state index >= 15 is 0 Å². The van der Waals surface area contributed by atoms with E-state index in [2.05, 4.69) is 10.6 Å². The molecule has 0 aliphatic rings. The Balaban J connectivity index is 2.46. The molecule has 1 aromatic rings. The van der Waals surface area contributed by atoms with Crippen molar-refractivity contribution in [2.75, 3.05) is 14.1 Å². The Hall–Kier alpha value is -2.01. The maximum absolute atomic E-state index is 12.1. The standard InChI is InChI=1S/C16H24N2O3/c1-12(17-2)21-11-14(18-3)16(20)10-6-8-13-7-4-5-9-15(13)19/h4-5,7,9,11-12,17-19H,6,8,10H2,1-3H3/b14-11-. The van der Waals surface area contributed by atoms with Crippen molar-refractivity contribution in [3.05, 3.63) is 41.8 Å². The van der Waals surface area contributed by atoms with Crippen LogP contribution in [0, 0.1) is 0 Å². The van der Waals surface area contributed by atoms with Gasteiger partial charge in [-0.2, -0.15) is 0 Å². The largest absolute Gasteiger partial charge is 0.508 e. The number of nitrogens with one attached hydrogen (secondary N) is 2. The van der Waals surface area contributed by atoms with Gasteiger partial charge in [-0.05, 0) is 38.4 Å². The summed E-state index contributed by atoms with van der Waals surface area (Å²) in [7, 11) is 3.48. The van der Waals surface area contributed by atoms with E-state index in [4.69, 9.17) is 4.74 Å². The first-order valence-corrected chi connectivity index (χ1v) is 7.09. The van der Waals surface area contributed by atoms with Crippen LogP contribution in [0.25, 0.3) is 0 Å². The first-order chi connectivity index (χ1) is 10.1. The number of phenols is 1. The van der Waals surface area contributed by atoms with E-state index in [9.17, 15) is 9.90 Å². The number of ketones is 1. The second-order valence-electron chi connectivity index (χ2n) is 4.75. The van der Waals surface area contributed by atoms with Gasteiger partial charge in [-0.1, -0.05) is 18.2 Å². The zero-order chi connectivity index (χ0) is 15.7. The fraction of sp³-hybridized carbons (Fsp3) is 0.438. The normalized spacial score (nSPS) is 12.8. The number of rotatable bonds is 9. The van der Waals surface area contributed by atoms with Gasteiger partial charge in [-0.15, -0.1) is 0 Å². The number of para-hydroxylation sites is 1. The quantitative estimate of drug-likeness (QED) is 0.368. The molecule has 0 heterocycles. The van der Waals surface area contributed by atoms with E-state index in [1.807, 2.05) is 19.1 Å². The predicted octanol–water partition coefficient (Wildman–Crippen LogP) is 1.93. The van der Waals surface area contributed by atoms with Crippen LogP contribution in [0.1, 0.15) is 25.3 Å². The van der Waals surface area contributed by atoms with Gasteiger partial charge < -0.3 is 15.2 Å². The van der Waals surface area contributed by atoms with Crippen molar-refractivity contribution in [1.29, 1.82) is 0 Å². The number of hydrogen-bond donors (Lipinski definition) is 3. The minimum Gasteiger partial charge on any atom is -0.508 e. The lowest BCUT2D eigenvalue weighted by atomic mass is 10.0. The fourth-order valence-corrected chi connectivity index (χ4v) is 1.80. The second-order valence-corrected chi connectivity index (χ2v) is 4.75. The summed E-state index contributed by atoms with van der Waals surface area (Å²) >= 11 is 0. The molecule has 5 nitrogen and oxygen atoms in total. The highest BCUT2D eigenvalue weighted by atomic mass is 16.5. The molecule has 0 amide bonds. The Kier molecular flexibility index (Phi) is 7.32. The number of benzene rings is 1. The highest BCUT2D eigenvalue weighted by molar-refractivity contribution is 5.94. The molecular formula is C16H24N2O3. The average molecular weight is 292 g/mol. The summed E-state index contributed by atoms with van der Waals surface area (Å²) in [5, 5.41) is 15.4. The van der Waals surface area contributed by atoms with Crippen molar-refractivity contribution in [3.8, 4) is 5.75 Å². The van der Waals surface area contributed by atoms with E-state index in [0.717, 1.165) is 5.56 Å². The number of phenolic OH excluding ortho intramolecular Hbond substituents is 1. The molecule has 1 unspecified atom stereocenters. The van der Waals surface area contributed by atoms with Gasteiger partial charge in [0.15, 0.2) is 5.78 Å². The van der Waals surface area contributed by atoms with Crippen molar-refractivity contribution in [2.24, 2.45) is 0 Å². The molecule has 5 heteroatoms. The van der Waals surface area contributed by atoms with Crippen LogP contribution < -0.4 is 10.6 Å². The number of aryl methyl sites for hydroxylation is 1. The van der Waals surface area contributed by atoms with Gasteiger partial charge in [0.25, 0.3) is 0 Å². The monoisotopic (exact) mass is 292 g/mol. The average Bonchev–Trinajstić information content (AvgIpc) is 2.49. The van der Waals surface area contributed by atoms with Crippen molar-refractivity contribution in [2.45, 2.75) is 32.4 Å². The summed E-state index contributed by atoms with van der Waals surface area (Å²) in [5.74, 6) is 0.275.